The van der Waals surface area contributed by atoms with Crippen molar-refractivity contribution in [2.45, 2.75) is 12.8 Å². The highest BCUT2D eigenvalue weighted by Crippen LogP contribution is 2.23. The van der Waals surface area contributed by atoms with Gasteiger partial charge in [-0.05, 0) is 24.6 Å². The van der Waals surface area contributed by atoms with E-state index < -0.39 is 0 Å². The van der Waals surface area contributed by atoms with Gasteiger partial charge in [0.25, 0.3) is 0 Å². The predicted molar refractivity (Wildman–Crippen MR) is 94.4 cm³/mol. The van der Waals surface area contributed by atoms with Crippen LogP contribution in [0.1, 0.15) is 16.1 Å². The van der Waals surface area contributed by atoms with Crippen molar-refractivity contribution >= 4 is 11.3 Å². The van der Waals surface area contributed by atoms with E-state index in [4.69, 9.17) is 4.98 Å². The van der Waals surface area contributed by atoms with Crippen molar-refractivity contribution in [2.24, 2.45) is 0 Å². The second-order valence-electron chi connectivity index (χ2n) is 5.34. The number of benzene rings is 2. The van der Waals surface area contributed by atoms with Crippen LogP contribution in [0, 0.1) is 0 Å². The molecule has 0 aliphatic heterocycles. The van der Waals surface area contributed by atoms with Crippen LogP contribution < -0.4 is 5.32 Å². The van der Waals surface area contributed by atoms with Crippen molar-refractivity contribution < 1.29 is 0 Å². The minimum Gasteiger partial charge on any atom is -0.319 e. The molecule has 0 aliphatic carbocycles. The Morgan fingerprint density at radius 2 is 1.68 bits per heavy atom. The molecular formula is C19H20N2S. The first-order valence-electron chi connectivity index (χ1n) is 7.57. The Bertz CT molecular complexity index is 702. The third kappa shape index (κ3) is 3.81. The second kappa shape index (κ2) is 7.34. The number of thiazole rings is 1. The van der Waals surface area contributed by atoms with Crippen molar-refractivity contribution in [1.29, 1.82) is 0 Å². The largest absolute Gasteiger partial charge is 0.319 e. The number of likely N-dealkylation sites (N-methyl/N-ethyl adjacent to an activating group) is 1. The van der Waals surface area contributed by atoms with E-state index in [1.54, 1.807) is 11.3 Å². The smallest absolute Gasteiger partial charge is 0.0945 e. The van der Waals surface area contributed by atoms with Crippen LogP contribution in [0.2, 0.25) is 0 Å². The first-order valence-corrected chi connectivity index (χ1v) is 8.45. The zero-order valence-electron chi connectivity index (χ0n) is 12.8. The zero-order chi connectivity index (χ0) is 15.2. The second-order valence-corrected chi connectivity index (χ2v) is 6.28. The van der Waals surface area contributed by atoms with E-state index >= 15 is 0 Å². The Kier molecular flexibility index (Phi) is 4.99. The van der Waals surface area contributed by atoms with Crippen LogP contribution in [0.15, 0.2) is 60.0 Å². The molecule has 0 fully saturated rings. The summed E-state index contributed by atoms with van der Waals surface area (Å²) in [5.74, 6) is 0. The van der Waals surface area contributed by atoms with Crippen molar-refractivity contribution in [3.63, 3.8) is 0 Å². The van der Waals surface area contributed by atoms with Gasteiger partial charge in [0, 0.05) is 23.9 Å². The maximum Gasteiger partial charge on any atom is 0.0945 e. The fourth-order valence-electron chi connectivity index (χ4n) is 2.42. The lowest BCUT2D eigenvalue weighted by molar-refractivity contribution is 0.788. The minimum absolute atomic E-state index is 0.975. The van der Waals surface area contributed by atoms with Gasteiger partial charge in [-0.3, -0.25) is 0 Å². The van der Waals surface area contributed by atoms with Crippen LogP contribution in [0.3, 0.4) is 0 Å². The highest BCUT2D eigenvalue weighted by molar-refractivity contribution is 7.09. The molecule has 3 aromatic rings. The molecule has 22 heavy (non-hydrogen) atoms. The number of rotatable bonds is 6. The molecule has 0 spiro atoms. The molecule has 1 heterocycles. The monoisotopic (exact) mass is 308 g/mol. The maximum atomic E-state index is 4.71. The van der Waals surface area contributed by atoms with E-state index in [2.05, 4.69) is 65.3 Å². The molecule has 2 aromatic carbocycles. The molecular weight excluding hydrogens is 288 g/mol. The van der Waals surface area contributed by atoms with Crippen LogP contribution >= 0.6 is 11.3 Å². The number of hydrogen-bond donors (Lipinski definition) is 1. The van der Waals surface area contributed by atoms with E-state index in [1.807, 2.05) is 7.05 Å². The first kappa shape index (κ1) is 14.9. The van der Waals surface area contributed by atoms with Crippen molar-refractivity contribution in [3.05, 3.63) is 76.1 Å². The van der Waals surface area contributed by atoms with Gasteiger partial charge in [0.1, 0.15) is 0 Å². The van der Waals surface area contributed by atoms with Crippen molar-refractivity contribution in [3.8, 4) is 11.3 Å². The van der Waals surface area contributed by atoms with Crippen LogP contribution in [0.25, 0.3) is 11.3 Å². The highest BCUT2D eigenvalue weighted by atomic mass is 32.1. The Balaban J connectivity index is 1.70. The molecule has 2 nitrogen and oxygen atoms in total. The Morgan fingerprint density at radius 1 is 0.955 bits per heavy atom. The summed E-state index contributed by atoms with van der Waals surface area (Å²) in [7, 11) is 1.97. The molecule has 0 radical (unpaired) electrons. The van der Waals surface area contributed by atoms with E-state index in [1.165, 1.54) is 21.7 Å². The number of aromatic nitrogens is 1. The quantitative estimate of drug-likeness (QED) is 0.739. The van der Waals surface area contributed by atoms with E-state index in [0.717, 1.165) is 25.1 Å². The van der Waals surface area contributed by atoms with Crippen LogP contribution in [0.4, 0.5) is 0 Å². The number of nitrogens with one attached hydrogen (secondary N) is 1. The van der Waals surface area contributed by atoms with E-state index in [0.29, 0.717) is 0 Å². The number of hydrogen-bond acceptors (Lipinski definition) is 3. The molecule has 0 unspecified atom stereocenters. The van der Waals surface area contributed by atoms with Gasteiger partial charge in [-0.15, -0.1) is 11.3 Å². The average Bonchev–Trinajstić information content (AvgIpc) is 3.03. The Labute approximate surface area is 135 Å². The molecule has 1 N–H and O–H groups in total. The Hall–Kier alpha value is -1.97. The van der Waals surface area contributed by atoms with Gasteiger partial charge in [-0.1, -0.05) is 54.6 Å². The standard InChI is InChI=1S/C19H20N2S/c1-20-12-11-19-21-18(14-22-19)17-9-7-16(8-10-17)13-15-5-3-2-4-6-15/h2-10,14,20H,11-13H2,1H3. The van der Waals surface area contributed by atoms with E-state index in [-0.39, 0.29) is 0 Å². The summed E-state index contributed by atoms with van der Waals surface area (Å²) < 4.78 is 0. The molecule has 3 rings (SSSR count). The fourth-order valence-corrected chi connectivity index (χ4v) is 3.22. The van der Waals surface area contributed by atoms with Crippen molar-refractivity contribution in [1.82, 2.24) is 10.3 Å². The summed E-state index contributed by atoms with van der Waals surface area (Å²) in [6, 6.07) is 19.3. The van der Waals surface area contributed by atoms with Gasteiger partial charge in [-0.2, -0.15) is 0 Å². The first-order chi connectivity index (χ1) is 10.8. The summed E-state index contributed by atoms with van der Waals surface area (Å²) in [5.41, 5.74) is 4.96. The minimum atomic E-state index is 0.975. The van der Waals surface area contributed by atoms with Gasteiger partial charge in [0.15, 0.2) is 0 Å². The molecule has 0 bridgehead atoms. The van der Waals surface area contributed by atoms with E-state index in [9.17, 15) is 0 Å². The molecule has 3 heteroatoms. The van der Waals surface area contributed by atoms with Gasteiger partial charge in [0.05, 0.1) is 10.7 Å². The lowest BCUT2D eigenvalue weighted by Gasteiger charge is -2.03. The summed E-state index contributed by atoms with van der Waals surface area (Å²) in [5, 5.41) is 6.50. The molecule has 0 saturated carbocycles. The molecule has 0 aliphatic rings. The third-order valence-corrected chi connectivity index (χ3v) is 4.55. The highest BCUT2D eigenvalue weighted by Gasteiger charge is 2.04. The van der Waals surface area contributed by atoms with Crippen LogP contribution in [-0.4, -0.2) is 18.6 Å². The topological polar surface area (TPSA) is 24.9 Å². The maximum absolute atomic E-state index is 4.71. The average molecular weight is 308 g/mol. The normalized spacial score (nSPS) is 10.8. The molecule has 0 amide bonds. The van der Waals surface area contributed by atoms with Crippen LogP contribution in [0.5, 0.6) is 0 Å². The van der Waals surface area contributed by atoms with Gasteiger partial charge in [0.2, 0.25) is 0 Å². The molecule has 112 valence electrons. The summed E-state index contributed by atoms with van der Waals surface area (Å²) in [6.07, 6.45) is 1.97. The van der Waals surface area contributed by atoms with Gasteiger partial charge >= 0.3 is 0 Å². The predicted octanol–water partition coefficient (Wildman–Crippen LogP) is 4.16. The molecule has 1 aromatic heterocycles. The zero-order valence-corrected chi connectivity index (χ0v) is 13.6. The van der Waals surface area contributed by atoms with Gasteiger partial charge < -0.3 is 5.32 Å². The molecule has 0 atom stereocenters. The summed E-state index contributed by atoms with van der Waals surface area (Å²) >= 11 is 1.74. The van der Waals surface area contributed by atoms with Crippen molar-refractivity contribution in [2.75, 3.05) is 13.6 Å². The lowest BCUT2D eigenvalue weighted by Crippen LogP contribution is -2.09. The number of nitrogens with zero attached hydrogens (tertiary/aromatic N) is 1. The SMILES string of the molecule is CNCCc1nc(-c2ccc(Cc3ccccc3)cc2)cs1. The fraction of sp³-hybridized carbons (Fsp3) is 0.211. The lowest BCUT2D eigenvalue weighted by atomic mass is 10.0. The van der Waals surface area contributed by atoms with Gasteiger partial charge in [-0.25, -0.2) is 4.98 Å². The van der Waals surface area contributed by atoms with Crippen LogP contribution in [-0.2, 0) is 12.8 Å². The summed E-state index contributed by atoms with van der Waals surface area (Å²) in [6.45, 7) is 0.975. The third-order valence-electron chi connectivity index (χ3n) is 3.64. The summed E-state index contributed by atoms with van der Waals surface area (Å²) in [4.78, 5) is 4.71. The Morgan fingerprint density at radius 3 is 2.41 bits per heavy atom. The molecule has 0 saturated heterocycles.